The highest BCUT2D eigenvalue weighted by Gasteiger charge is 2.34. The molecule has 2 aromatic heterocycles. The van der Waals surface area contributed by atoms with Crippen molar-refractivity contribution in [2.24, 2.45) is 5.92 Å². The Balaban J connectivity index is 1.29. The number of halogens is 1. The molecule has 0 radical (unpaired) electrons. The predicted molar refractivity (Wildman–Crippen MR) is 117 cm³/mol. The molecule has 9 heteroatoms. The zero-order valence-electron chi connectivity index (χ0n) is 17.7. The molecule has 1 atom stereocenters. The average molecular weight is 437 g/mol. The third kappa shape index (κ3) is 4.10. The number of nitrogens with one attached hydrogen (secondary N) is 2. The monoisotopic (exact) mass is 437 g/mol. The number of H-pyrrole nitrogens is 1. The zero-order chi connectivity index (χ0) is 22.1. The summed E-state index contributed by atoms with van der Waals surface area (Å²) in [5.74, 6) is 1.19. The summed E-state index contributed by atoms with van der Waals surface area (Å²) in [7, 11) is 1.54. The van der Waals surface area contributed by atoms with Crippen molar-refractivity contribution in [2.75, 3.05) is 30.5 Å². The van der Waals surface area contributed by atoms with Crippen molar-refractivity contribution in [3.05, 3.63) is 48.5 Å². The number of rotatable bonds is 8. The Hall–Kier alpha value is -3.62. The maximum Gasteiger partial charge on any atom is 0.250 e. The van der Waals surface area contributed by atoms with Crippen LogP contribution in [0.4, 0.5) is 15.9 Å². The SMILES string of the molecule is COc1nc(N2CCC(Nc3ccc(F)c(OCC4CC4)c3)C2=O)ccc1-c1cn[nH]c1. The number of amides is 1. The van der Waals surface area contributed by atoms with Crippen LogP contribution in [-0.4, -0.2) is 47.4 Å². The van der Waals surface area contributed by atoms with Gasteiger partial charge in [-0.15, -0.1) is 0 Å². The molecule has 1 aliphatic carbocycles. The van der Waals surface area contributed by atoms with Crippen molar-refractivity contribution in [3.8, 4) is 22.8 Å². The Morgan fingerprint density at radius 1 is 1.25 bits per heavy atom. The number of hydrogen-bond donors (Lipinski definition) is 2. The minimum absolute atomic E-state index is 0.0969. The van der Waals surface area contributed by atoms with E-state index < -0.39 is 11.9 Å². The molecule has 1 unspecified atom stereocenters. The van der Waals surface area contributed by atoms with Crippen LogP contribution in [0.2, 0.25) is 0 Å². The van der Waals surface area contributed by atoms with E-state index in [1.54, 1.807) is 42.6 Å². The molecular formula is C23H24FN5O3. The number of benzene rings is 1. The molecule has 1 saturated carbocycles. The first-order valence-corrected chi connectivity index (χ1v) is 10.7. The molecular weight excluding hydrogens is 413 g/mol. The quantitative estimate of drug-likeness (QED) is 0.559. The van der Waals surface area contributed by atoms with E-state index in [0.717, 1.165) is 24.0 Å². The molecule has 3 aromatic rings. The van der Waals surface area contributed by atoms with E-state index in [4.69, 9.17) is 9.47 Å². The fourth-order valence-electron chi connectivity index (χ4n) is 3.79. The molecule has 0 bridgehead atoms. The fourth-order valence-corrected chi connectivity index (χ4v) is 3.79. The van der Waals surface area contributed by atoms with Crippen molar-refractivity contribution in [1.29, 1.82) is 0 Å². The molecule has 2 fully saturated rings. The van der Waals surface area contributed by atoms with Gasteiger partial charge in [-0.1, -0.05) is 0 Å². The largest absolute Gasteiger partial charge is 0.490 e. The van der Waals surface area contributed by atoms with Gasteiger partial charge in [0.1, 0.15) is 11.9 Å². The third-order valence-electron chi connectivity index (χ3n) is 5.77. The summed E-state index contributed by atoms with van der Waals surface area (Å²) in [5, 5.41) is 9.94. The summed E-state index contributed by atoms with van der Waals surface area (Å²) in [5.41, 5.74) is 2.29. The molecule has 5 rings (SSSR count). The Labute approximate surface area is 184 Å². The van der Waals surface area contributed by atoms with Gasteiger partial charge in [0.05, 0.1) is 19.9 Å². The minimum Gasteiger partial charge on any atom is -0.490 e. The lowest BCUT2D eigenvalue weighted by Gasteiger charge is -2.18. The van der Waals surface area contributed by atoms with E-state index in [2.05, 4.69) is 20.5 Å². The molecule has 1 saturated heterocycles. The van der Waals surface area contributed by atoms with Crippen LogP contribution in [0.5, 0.6) is 11.6 Å². The van der Waals surface area contributed by atoms with Crippen LogP contribution in [0.25, 0.3) is 11.1 Å². The maximum atomic E-state index is 14.1. The van der Waals surface area contributed by atoms with E-state index >= 15 is 0 Å². The maximum absolute atomic E-state index is 14.1. The number of carbonyl (C=O) groups excluding carboxylic acids is 1. The average Bonchev–Trinajstić information content (AvgIpc) is 3.34. The molecule has 8 nitrogen and oxygen atoms in total. The van der Waals surface area contributed by atoms with Gasteiger partial charge >= 0.3 is 0 Å². The molecule has 166 valence electrons. The number of pyridine rings is 1. The molecule has 3 heterocycles. The number of ether oxygens (including phenoxy) is 2. The Kier molecular flexibility index (Phi) is 5.38. The third-order valence-corrected chi connectivity index (χ3v) is 5.77. The second kappa shape index (κ2) is 8.49. The van der Waals surface area contributed by atoms with E-state index in [-0.39, 0.29) is 11.7 Å². The lowest BCUT2D eigenvalue weighted by Crippen LogP contribution is -2.34. The van der Waals surface area contributed by atoms with Crippen LogP contribution in [0.1, 0.15) is 19.3 Å². The van der Waals surface area contributed by atoms with Gasteiger partial charge < -0.3 is 14.8 Å². The Morgan fingerprint density at radius 3 is 2.88 bits per heavy atom. The van der Waals surface area contributed by atoms with Gasteiger partial charge in [-0.3, -0.25) is 14.8 Å². The summed E-state index contributed by atoms with van der Waals surface area (Å²) in [6, 6.07) is 7.84. The first-order valence-electron chi connectivity index (χ1n) is 10.7. The van der Waals surface area contributed by atoms with Gasteiger partial charge in [-0.2, -0.15) is 10.1 Å². The number of aromatic nitrogens is 3. The summed E-state index contributed by atoms with van der Waals surface area (Å²) in [4.78, 5) is 19.2. The van der Waals surface area contributed by atoms with Crippen molar-refractivity contribution in [1.82, 2.24) is 15.2 Å². The molecule has 0 spiro atoms. The first-order chi connectivity index (χ1) is 15.6. The van der Waals surface area contributed by atoms with Gasteiger partial charge in [-0.05, 0) is 49.4 Å². The Morgan fingerprint density at radius 2 is 2.12 bits per heavy atom. The number of hydrogen-bond acceptors (Lipinski definition) is 6. The van der Waals surface area contributed by atoms with E-state index in [9.17, 15) is 9.18 Å². The standard InChI is InChI=1S/C23H24FN5O3/c1-31-22-17(15-11-25-26-12-15)5-7-21(28-22)29-9-8-19(23(29)30)27-16-4-6-18(24)20(10-16)32-13-14-2-3-14/h4-7,10-12,14,19,27H,2-3,8-9,13H2,1H3,(H,25,26). The second-order valence-corrected chi connectivity index (χ2v) is 8.09. The lowest BCUT2D eigenvalue weighted by atomic mass is 10.1. The van der Waals surface area contributed by atoms with Crippen LogP contribution in [0, 0.1) is 11.7 Å². The van der Waals surface area contributed by atoms with Crippen molar-refractivity contribution in [3.63, 3.8) is 0 Å². The van der Waals surface area contributed by atoms with Gasteiger partial charge in [0.25, 0.3) is 5.91 Å². The highest BCUT2D eigenvalue weighted by molar-refractivity contribution is 6.00. The number of methoxy groups -OCH3 is 1. The highest BCUT2D eigenvalue weighted by atomic mass is 19.1. The molecule has 2 aliphatic rings. The topological polar surface area (TPSA) is 92.4 Å². The number of anilines is 2. The number of nitrogens with zero attached hydrogens (tertiary/aromatic N) is 3. The Bertz CT molecular complexity index is 1120. The van der Waals surface area contributed by atoms with Gasteiger partial charge in [0.2, 0.25) is 5.88 Å². The summed E-state index contributed by atoms with van der Waals surface area (Å²) in [6.45, 7) is 1.04. The smallest absolute Gasteiger partial charge is 0.250 e. The molecule has 32 heavy (non-hydrogen) atoms. The number of aromatic amines is 1. The van der Waals surface area contributed by atoms with Crippen LogP contribution in [0.3, 0.4) is 0 Å². The summed E-state index contributed by atoms with van der Waals surface area (Å²) in [6.07, 6.45) is 6.31. The van der Waals surface area contributed by atoms with E-state index in [1.807, 2.05) is 6.07 Å². The molecule has 2 N–H and O–H groups in total. The second-order valence-electron chi connectivity index (χ2n) is 8.09. The minimum atomic E-state index is -0.432. The van der Waals surface area contributed by atoms with E-state index in [1.165, 1.54) is 6.07 Å². The van der Waals surface area contributed by atoms with Crippen LogP contribution in [-0.2, 0) is 4.79 Å². The normalized spacial score (nSPS) is 18.1. The predicted octanol–water partition coefficient (Wildman–Crippen LogP) is 3.63. The van der Waals surface area contributed by atoms with Crippen LogP contribution >= 0.6 is 0 Å². The van der Waals surface area contributed by atoms with Crippen molar-refractivity contribution >= 4 is 17.4 Å². The van der Waals surface area contributed by atoms with Crippen molar-refractivity contribution in [2.45, 2.75) is 25.3 Å². The first kappa shape index (κ1) is 20.3. The molecule has 1 aromatic carbocycles. The summed E-state index contributed by atoms with van der Waals surface area (Å²) < 4.78 is 25.1. The summed E-state index contributed by atoms with van der Waals surface area (Å²) >= 11 is 0. The van der Waals surface area contributed by atoms with Crippen LogP contribution in [0.15, 0.2) is 42.7 Å². The zero-order valence-corrected chi connectivity index (χ0v) is 17.7. The van der Waals surface area contributed by atoms with Crippen LogP contribution < -0.4 is 19.7 Å². The lowest BCUT2D eigenvalue weighted by molar-refractivity contribution is -0.117. The fraction of sp³-hybridized carbons (Fsp3) is 0.348. The van der Waals surface area contributed by atoms with Gasteiger partial charge in [0.15, 0.2) is 11.6 Å². The van der Waals surface area contributed by atoms with Gasteiger partial charge in [0, 0.05) is 35.6 Å². The van der Waals surface area contributed by atoms with Gasteiger partial charge in [-0.25, -0.2) is 4.39 Å². The molecule has 1 amide bonds. The molecule has 1 aliphatic heterocycles. The van der Waals surface area contributed by atoms with E-state index in [0.29, 0.717) is 42.9 Å². The number of carbonyl (C=O) groups is 1. The highest BCUT2D eigenvalue weighted by Crippen LogP contribution is 2.33. The van der Waals surface area contributed by atoms with Crippen molar-refractivity contribution < 1.29 is 18.7 Å².